The van der Waals surface area contributed by atoms with Crippen molar-refractivity contribution >= 4 is 5.91 Å². The molecule has 22 heavy (non-hydrogen) atoms. The summed E-state index contributed by atoms with van der Waals surface area (Å²) in [6.45, 7) is 3.40. The molecule has 1 aliphatic rings. The van der Waals surface area contributed by atoms with Gasteiger partial charge in [-0.15, -0.1) is 0 Å². The molecule has 2 aromatic carbocycles. The molecule has 4 nitrogen and oxygen atoms in total. The Morgan fingerprint density at radius 1 is 1.18 bits per heavy atom. The second kappa shape index (κ2) is 6.20. The van der Waals surface area contributed by atoms with Gasteiger partial charge in [-0.1, -0.05) is 36.4 Å². The molecule has 4 heteroatoms. The van der Waals surface area contributed by atoms with Crippen LogP contribution in [0.1, 0.15) is 29.7 Å². The van der Waals surface area contributed by atoms with Crippen molar-refractivity contribution in [2.45, 2.75) is 26.1 Å². The molecule has 0 fully saturated rings. The summed E-state index contributed by atoms with van der Waals surface area (Å²) in [7, 11) is 0. The third kappa shape index (κ3) is 3.12. The van der Waals surface area contributed by atoms with Gasteiger partial charge in [0.2, 0.25) is 5.91 Å². The molecule has 3 rings (SSSR count). The predicted octanol–water partition coefficient (Wildman–Crippen LogP) is 2.63. The van der Waals surface area contributed by atoms with Crippen LogP contribution in [0.3, 0.4) is 0 Å². The highest BCUT2D eigenvalue weighted by Gasteiger charge is 2.21. The van der Waals surface area contributed by atoms with E-state index in [9.17, 15) is 4.79 Å². The van der Waals surface area contributed by atoms with Crippen LogP contribution in [0.25, 0.3) is 0 Å². The Morgan fingerprint density at radius 3 is 2.64 bits per heavy atom. The lowest BCUT2D eigenvalue weighted by Gasteiger charge is -2.14. The van der Waals surface area contributed by atoms with Gasteiger partial charge in [-0.05, 0) is 28.8 Å². The molecule has 1 unspecified atom stereocenters. The van der Waals surface area contributed by atoms with E-state index in [4.69, 9.17) is 10.5 Å². The Kier molecular flexibility index (Phi) is 4.11. The number of hydrogen-bond acceptors (Lipinski definition) is 3. The molecule has 0 radical (unpaired) electrons. The normalized spacial score (nSPS) is 14.5. The monoisotopic (exact) mass is 296 g/mol. The molecule has 1 aliphatic heterocycles. The molecule has 0 bridgehead atoms. The van der Waals surface area contributed by atoms with Gasteiger partial charge in [-0.3, -0.25) is 4.79 Å². The first-order chi connectivity index (χ1) is 10.6. The van der Waals surface area contributed by atoms with Crippen molar-refractivity contribution in [3.8, 4) is 5.75 Å². The van der Waals surface area contributed by atoms with Gasteiger partial charge in [-0.25, -0.2) is 0 Å². The maximum atomic E-state index is 11.5. The molecule has 2 aromatic rings. The summed E-state index contributed by atoms with van der Waals surface area (Å²) >= 11 is 0. The maximum absolute atomic E-state index is 11.5. The molecular weight excluding hydrogens is 276 g/mol. The highest BCUT2D eigenvalue weighted by Crippen LogP contribution is 2.26. The second-order valence-electron chi connectivity index (χ2n) is 5.63. The number of rotatable bonds is 4. The Morgan fingerprint density at radius 2 is 1.91 bits per heavy atom. The third-order valence-electron chi connectivity index (χ3n) is 4.00. The Labute approximate surface area is 130 Å². The van der Waals surface area contributed by atoms with Crippen LogP contribution in [0.2, 0.25) is 0 Å². The molecule has 1 heterocycles. The van der Waals surface area contributed by atoms with Gasteiger partial charge in [0, 0.05) is 20.0 Å². The Balaban J connectivity index is 1.66. The van der Waals surface area contributed by atoms with E-state index in [1.807, 2.05) is 41.3 Å². The average Bonchev–Trinajstić information content (AvgIpc) is 2.97. The van der Waals surface area contributed by atoms with E-state index in [1.165, 1.54) is 11.1 Å². The van der Waals surface area contributed by atoms with Crippen LogP contribution in [0.4, 0.5) is 0 Å². The lowest BCUT2D eigenvalue weighted by atomic mass is 10.0. The largest absolute Gasteiger partial charge is 0.492 e. The molecule has 114 valence electrons. The number of carbonyl (C=O) groups is 1. The van der Waals surface area contributed by atoms with Crippen LogP contribution in [0.15, 0.2) is 48.5 Å². The van der Waals surface area contributed by atoms with Gasteiger partial charge in [0.05, 0.1) is 6.04 Å². The van der Waals surface area contributed by atoms with Crippen LogP contribution in [-0.2, 0) is 17.9 Å². The number of amides is 1. The first kappa shape index (κ1) is 14.6. The van der Waals surface area contributed by atoms with Crippen LogP contribution in [-0.4, -0.2) is 17.4 Å². The number of nitrogens with two attached hydrogens (primary N) is 1. The van der Waals surface area contributed by atoms with Crippen molar-refractivity contribution in [2.24, 2.45) is 5.73 Å². The van der Waals surface area contributed by atoms with E-state index in [1.54, 1.807) is 6.92 Å². The summed E-state index contributed by atoms with van der Waals surface area (Å²) in [5.41, 5.74) is 9.65. The van der Waals surface area contributed by atoms with Gasteiger partial charge in [0.15, 0.2) is 0 Å². The molecular formula is C18H20N2O2. The summed E-state index contributed by atoms with van der Waals surface area (Å²) in [4.78, 5) is 13.3. The number of benzene rings is 2. The summed E-state index contributed by atoms with van der Waals surface area (Å²) in [5.74, 6) is 0.927. The van der Waals surface area contributed by atoms with Gasteiger partial charge in [-0.2, -0.15) is 0 Å². The van der Waals surface area contributed by atoms with Gasteiger partial charge >= 0.3 is 0 Å². The van der Waals surface area contributed by atoms with Crippen LogP contribution < -0.4 is 10.5 Å². The smallest absolute Gasteiger partial charge is 0.220 e. The number of para-hydroxylation sites is 1. The summed E-state index contributed by atoms with van der Waals surface area (Å²) in [6, 6.07) is 15.7. The number of hydrogen-bond donors (Lipinski definition) is 1. The third-order valence-corrected chi connectivity index (χ3v) is 4.00. The van der Waals surface area contributed by atoms with Gasteiger partial charge in [0.1, 0.15) is 12.4 Å². The number of nitrogens with zero attached hydrogens (tertiary/aromatic N) is 1. The molecule has 0 saturated carbocycles. The Bertz CT molecular complexity index is 670. The summed E-state index contributed by atoms with van der Waals surface area (Å²) < 4.78 is 5.71. The minimum Gasteiger partial charge on any atom is -0.492 e. The van der Waals surface area contributed by atoms with E-state index in [2.05, 4.69) is 12.1 Å². The predicted molar refractivity (Wildman–Crippen MR) is 85.2 cm³/mol. The van der Waals surface area contributed by atoms with Crippen molar-refractivity contribution in [3.05, 3.63) is 65.2 Å². The minimum atomic E-state index is -0.183. The van der Waals surface area contributed by atoms with Gasteiger partial charge in [0.25, 0.3) is 0 Å². The van der Waals surface area contributed by atoms with E-state index in [0.717, 1.165) is 11.3 Å². The van der Waals surface area contributed by atoms with Crippen molar-refractivity contribution in [3.63, 3.8) is 0 Å². The Hall–Kier alpha value is -2.33. The number of carbonyl (C=O) groups excluding carboxylic acids is 1. The zero-order valence-electron chi connectivity index (χ0n) is 12.7. The highest BCUT2D eigenvalue weighted by atomic mass is 16.5. The maximum Gasteiger partial charge on any atom is 0.220 e. The SMILES string of the molecule is CC(=O)N1Cc2ccc(C(N)COc3ccccc3)cc2C1. The topological polar surface area (TPSA) is 55.6 Å². The van der Waals surface area contributed by atoms with Crippen molar-refractivity contribution in [2.75, 3.05) is 6.61 Å². The lowest BCUT2D eigenvalue weighted by Crippen LogP contribution is -2.21. The van der Waals surface area contributed by atoms with Crippen LogP contribution in [0.5, 0.6) is 5.75 Å². The zero-order valence-corrected chi connectivity index (χ0v) is 12.7. The molecule has 0 aliphatic carbocycles. The van der Waals surface area contributed by atoms with E-state index in [0.29, 0.717) is 19.7 Å². The zero-order chi connectivity index (χ0) is 15.5. The van der Waals surface area contributed by atoms with Crippen molar-refractivity contribution in [1.29, 1.82) is 0 Å². The first-order valence-corrected chi connectivity index (χ1v) is 7.44. The number of fused-ring (bicyclic) bond motifs is 1. The van der Waals surface area contributed by atoms with Gasteiger partial charge < -0.3 is 15.4 Å². The van der Waals surface area contributed by atoms with Crippen LogP contribution >= 0.6 is 0 Å². The number of ether oxygens (including phenoxy) is 1. The second-order valence-corrected chi connectivity index (χ2v) is 5.63. The molecule has 0 aromatic heterocycles. The van der Waals surface area contributed by atoms with Crippen LogP contribution in [0, 0.1) is 0 Å². The fourth-order valence-electron chi connectivity index (χ4n) is 2.67. The lowest BCUT2D eigenvalue weighted by molar-refractivity contribution is -0.129. The quantitative estimate of drug-likeness (QED) is 0.943. The van der Waals surface area contributed by atoms with Crippen molar-refractivity contribution in [1.82, 2.24) is 4.90 Å². The molecule has 0 spiro atoms. The van der Waals surface area contributed by atoms with E-state index < -0.39 is 0 Å². The molecule has 1 atom stereocenters. The molecule has 0 saturated heterocycles. The molecule has 1 amide bonds. The fraction of sp³-hybridized carbons (Fsp3) is 0.278. The van der Waals surface area contributed by atoms with E-state index >= 15 is 0 Å². The summed E-state index contributed by atoms with van der Waals surface area (Å²) in [5, 5.41) is 0. The van der Waals surface area contributed by atoms with Crippen molar-refractivity contribution < 1.29 is 9.53 Å². The molecule has 2 N–H and O–H groups in total. The highest BCUT2D eigenvalue weighted by molar-refractivity contribution is 5.74. The fourth-order valence-corrected chi connectivity index (χ4v) is 2.67. The first-order valence-electron chi connectivity index (χ1n) is 7.44. The standard InChI is InChI=1S/C18H20N2O2/c1-13(21)20-10-15-8-7-14(9-16(15)11-20)18(19)12-22-17-5-3-2-4-6-17/h2-9,18H,10-12,19H2,1H3. The summed E-state index contributed by atoms with van der Waals surface area (Å²) in [6.07, 6.45) is 0. The van der Waals surface area contributed by atoms with E-state index in [-0.39, 0.29) is 11.9 Å². The average molecular weight is 296 g/mol. The minimum absolute atomic E-state index is 0.106.